The van der Waals surface area contributed by atoms with Crippen LogP contribution < -0.4 is 10.6 Å². The summed E-state index contributed by atoms with van der Waals surface area (Å²) in [7, 11) is 1.90. The van der Waals surface area contributed by atoms with Crippen molar-refractivity contribution in [2.24, 2.45) is 7.05 Å². The van der Waals surface area contributed by atoms with Crippen LogP contribution in [0.2, 0.25) is 0 Å². The van der Waals surface area contributed by atoms with Crippen LogP contribution in [-0.4, -0.2) is 38.4 Å². The van der Waals surface area contributed by atoms with E-state index >= 15 is 0 Å². The Bertz CT molecular complexity index is 1370. The second-order valence-electron chi connectivity index (χ2n) is 9.66. The molecule has 0 bridgehead atoms. The van der Waals surface area contributed by atoms with Crippen molar-refractivity contribution in [1.29, 1.82) is 0 Å². The van der Waals surface area contributed by atoms with Gasteiger partial charge in [-0.3, -0.25) is 4.79 Å². The number of aliphatic hydroxyl groups is 2. The van der Waals surface area contributed by atoms with Crippen LogP contribution in [0.1, 0.15) is 58.7 Å². The number of nitrogens with zero attached hydrogens (tertiary/aromatic N) is 1. The standard InChI is InChI=1S/C30H35N3O4/c1-19(31-17-29(36)23-10-12-28(35)25(15-23)18-34)13-21-9-11-26-24(14-21)16-27(33(26)3)30(37)32-20(2)22-7-5-4-6-8-22/h4-12,14-16,19-20,29,31,34-36H,13,17-18H2,1-3H3,(H,32,37)/t19-,20-,29+/m1/s1. The van der Waals surface area contributed by atoms with E-state index in [-0.39, 0.29) is 30.3 Å². The van der Waals surface area contributed by atoms with Gasteiger partial charge < -0.3 is 30.5 Å². The van der Waals surface area contributed by atoms with E-state index < -0.39 is 6.10 Å². The number of fused-ring (bicyclic) bond motifs is 1. The van der Waals surface area contributed by atoms with Gasteiger partial charge in [-0.05, 0) is 67.3 Å². The highest BCUT2D eigenvalue weighted by molar-refractivity contribution is 5.99. The van der Waals surface area contributed by atoms with Crippen molar-refractivity contribution in [3.05, 3.63) is 101 Å². The number of benzene rings is 3. The van der Waals surface area contributed by atoms with E-state index in [0.717, 1.165) is 28.5 Å². The molecule has 0 aliphatic carbocycles. The molecule has 7 nitrogen and oxygen atoms in total. The monoisotopic (exact) mass is 501 g/mol. The van der Waals surface area contributed by atoms with Gasteiger partial charge in [-0.15, -0.1) is 0 Å². The summed E-state index contributed by atoms with van der Waals surface area (Å²) in [6, 6.07) is 22.8. The van der Waals surface area contributed by atoms with Crippen molar-refractivity contribution in [1.82, 2.24) is 15.2 Å². The number of hydrogen-bond donors (Lipinski definition) is 5. The quantitative estimate of drug-likeness (QED) is 0.225. The molecule has 37 heavy (non-hydrogen) atoms. The van der Waals surface area contributed by atoms with Crippen LogP contribution in [0.4, 0.5) is 0 Å². The Morgan fingerprint density at radius 3 is 2.46 bits per heavy atom. The minimum absolute atomic E-state index is 0.0161. The molecule has 0 aliphatic heterocycles. The Morgan fingerprint density at radius 1 is 0.973 bits per heavy atom. The first-order chi connectivity index (χ1) is 17.8. The van der Waals surface area contributed by atoms with Crippen LogP contribution >= 0.6 is 0 Å². The van der Waals surface area contributed by atoms with Gasteiger partial charge in [0.15, 0.2) is 0 Å². The second-order valence-corrected chi connectivity index (χ2v) is 9.66. The average molecular weight is 502 g/mol. The van der Waals surface area contributed by atoms with E-state index in [2.05, 4.69) is 29.7 Å². The van der Waals surface area contributed by atoms with E-state index in [1.807, 2.05) is 61.0 Å². The van der Waals surface area contributed by atoms with Gasteiger partial charge in [-0.1, -0.05) is 42.5 Å². The minimum atomic E-state index is -0.760. The van der Waals surface area contributed by atoms with Gasteiger partial charge >= 0.3 is 0 Å². The van der Waals surface area contributed by atoms with E-state index in [0.29, 0.717) is 23.4 Å². The Hall–Kier alpha value is -3.65. The average Bonchev–Trinajstić information content (AvgIpc) is 3.23. The summed E-state index contributed by atoms with van der Waals surface area (Å²) in [5.74, 6) is -0.0957. The molecular formula is C30H35N3O4. The number of hydrogen-bond acceptors (Lipinski definition) is 5. The first-order valence-electron chi connectivity index (χ1n) is 12.5. The van der Waals surface area contributed by atoms with Gasteiger partial charge in [0, 0.05) is 36.1 Å². The maximum atomic E-state index is 13.0. The van der Waals surface area contributed by atoms with Crippen LogP contribution in [0.5, 0.6) is 5.75 Å². The van der Waals surface area contributed by atoms with Crippen LogP contribution in [0.15, 0.2) is 72.8 Å². The van der Waals surface area contributed by atoms with Crippen LogP contribution in [-0.2, 0) is 20.1 Å². The summed E-state index contributed by atoms with van der Waals surface area (Å²) < 4.78 is 1.92. The maximum Gasteiger partial charge on any atom is 0.268 e. The molecule has 3 atom stereocenters. The fourth-order valence-electron chi connectivity index (χ4n) is 4.64. The molecule has 194 valence electrons. The van der Waals surface area contributed by atoms with Gasteiger partial charge in [0.05, 0.1) is 18.8 Å². The molecule has 0 fully saturated rings. The third-order valence-corrected chi connectivity index (χ3v) is 6.85. The highest BCUT2D eigenvalue weighted by Gasteiger charge is 2.17. The van der Waals surface area contributed by atoms with Gasteiger partial charge in [0.25, 0.3) is 5.91 Å². The number of carbonyl (C=O) groups is 1. The Labute approximate surface area is 217 Å². The molecule has 3 aromatic carbocycles. The summed E-state index contributed by atoms with van der Waals surface area (Å²) >= 11 is 0. The molecule has 0 saturated heterocycles. The van der Waals surface area contributed by atoms with Crippen LogP contribution in [0.3, 0.4) is 0 Å². The number of phenols is 1. The number of nitrogens with one attached hydrogen (secondary N) is 2. The third kappa shape index (κ3) is 6.20. The van der Waals surface area contributed by atoms with E-state index in [4.69, 9.17) is 0 Å². The molecule has 4 aromatic rings. The molecule has 0 unspecified atom stereocenters. The number of aromatic hydroxyl groups is 1. The summed E-state index contributed by atoms with van der Waals surface area (Å²) in [6.07, 6.45) is -0.00833. The largest absolute Gasteiger partial charge is 0.508 e. The molecule has 5 N–H and O–H groups in total. The van der Waals surface area contributed by atoms with Gasteiger partial charge in [-0.25, -0.2) is 0 Å². The van der Waals surface area contributed by atoms with Crippen molar-refractivity contribution >= 4 is 16.8 Å². The zero-order chi connectivity index (χ0) is 26.5. The van der Waals surface area contributed by atoms with Crippen molar-refractivity contribution in [2.45, 2.75) is 45.1 Å². The minimum Gasteiger partial charge on any atom is -0.508 e. The molecule has 7 heteroatoms. The van der Waals surface area contributed by atoms with Gasteiger partial charge in [0.1, 0.15) is 11.4 Å². The normalized spacial score (nSPS) is 13.9. The number of aromatic nitrogens is 1. The molecule has 0 radical (unpaired) electrons. The number of rotatable bonds is 10. The first-order valence-corrected chi connectivity index (χ1v) is 12.5. The number of aryl methyl sites for hydroxylation is 1. The van der Waals surface area contributed by atoms with E-state index in [1.54, 1.807) is 12.1 Å². The van der Waals surface area contributed by atoms with Crippen LogP contribution in [0.25, 0.3) is 10.9 Å². The van der Waals surface area contributed by atoms with Crippen molar-refractivity contribution < 1.29 is 20.1 Å². The SMILES string of the molecule is C[C@H](Cc1ccc2c(c1)cc(C(=O)N[C@H](C)c1ccccc1)n2C)NC[C@H](O)c1ccc(O)c(CO)c1. The predicted molar refractivity (Wildman–Crippen MR) is 145 cm³/mol. The van der Waals surface area contributed by atoms with Crippen LogP contribution in [0, 0.1) is 0 Å². The van der Waals surface area contributed by atoms with E-state index in [1.165, 1.54) is 6.07 Å². The molecule has 4 rings (SSSR count). The number of amides is 1. The zero-order valence-electron chi connectivity index (χ0n) is 21.5. The smallest absolute Gasteiger partial charge is 0.268 e. The Morgan fingerprint density at radius 2 is 1.73 bits per heavy atom. The lowest BCUT2D eigenvalue weighted by Crippen LogP contribution is -2.32. The van der Waals surface area contributed by atoms with Crippen molar-refractivity contribution in [3.8, 4) is 5.75 Å². The number of carbonyl (C=O) groups excluding carboxylic acids is 1. The molecule has 0 saturated carbocycles. The first kappa shape index (κ1) is 26.4. The van der Waals surface area contributed by atoms with Gasteiger partial charge in [0.2, 0.25) is 0 Å². The van der Waals surface area contributed by atoms with E-state index in [9.17, 15) is 20.1 Å². The molecule has 1 aromatic heterocycles. The summed E-state index contributed by atoms with van der Waals surface area (Å²) in [4.78, 5) is 13.0. The molecular weight excluding hydrogens is 466 g/mol. The molecule has 0 aliphatic rings. The fourth-order valence-corrected chi connectivity index (χ4v) is 4.64. The predicted octanol–water partition coefficient (Wildman–Crippen LogP) is 4.12. The number of aliphatic hydroxyl groups excluding tert-OH is 2. The highest BCUT2D eigenvalue weighted by atomic mass is 16.3. The Kier molecular flexibility index (Phi) is 8.28. The maximum absolute atomic E-state index is 13.0. The molecule has 1 amide bonds. The highest BCUT2D eigenvalue weighted by Crippen LogP contribution is 2.24. The fraction of sp³-hybridized carbons (Fsp3) is 0.300. The summed E-state index contributed by atoms with van der Waals surface area (Å²) in [5, 5.41) is 37.1. The zero-order valence-corrected chi connectivity index (χ0v) is 21.5. The summed E-state index contributed by atoms with van der Waals surface area (Å²) in [6.45, 7) is 4.09. The lowest BCUT2D eigenvalue weighted by atomic mass is 10.0. The third-order valence-electron chi connectivity index (χ3n) is 6.85. The topological polar surface area (TPSA) is 107 Å². The van der Waals surface area contributed by atoms with Crippen molar-refractivity contribution in [2.75, 3.05) is 6.54 Å². The summed E-state index contributed by atoms with van der Waals surface area (Å²) in [5.41, 5.74) is 4.82. The van der Waals surface area contributed by atoms with Crippen molar-refractivity contribution in [3.63, 3.8) is 0 Å². The molecule has 1 heterocycles. The second kappa shape index (κ2) is 11.6. The molecule has 0 spiro atoms. The van der Waals surface area contributed by atoms with Gasteiger partial charge in [-0.2, -0.15) is 0 Å². The lowest BCUT2D eigenvalue weighted by Gasteiger charge is -2.18. The Balaban J connectivity index is 1.39. The lowest BCUT2D eigenvalue weighted by molar-refractivity contribution is 0.0932.